The molecule has 6 heterocycles. The van der Waals surface area contributed by atoms with Crippen LogP contribution in [-0.4, -0.2) is 245 Å². The first-order chi connectivity index (χ1) is 59.5. The summed E-state index contributed by atoms with van der Waals surface area (Å²) in [6.07, 6.45) is 0.674. The Hall–Kier alpha value is -11.4. The van der Waals surface area contributed by atoms with Gasteiger partial charge in [0.1, 0.15) is 70.3 Å². The van der Waals surface area contributed by atoms with Gasteiger partial charge >= 0.3 is 30.3 Å². The Kier molecular flexibility index (Phi) is 27.7. The van der Waals surface area contributed by atoms with Crippen molar-refractivity contribution in [3.8, 4) is 0 Å². The fourth-order valence-corrected chi connectivity index (χ4v) is 21.2. The van der Waals surface area contributed by atoms with Crippen molar-refractivity contribution in [3.63, 3.8) is 0 Å². The SMILES string of the molecule is CC(C)(C)OC(=O)N[C@H]1CCN(S(=O)(=O)c2ccccc2[N+](=O)[O-])CC/C=C\[C@@H]2C[C@@]2(C(=O)NS(=O)(=O)C2CC2)NC(=O)[C@@H]2C[C@@H](OC(=O)N3Cc4cccc(F)c4C3)CN2C1=O.CC(C)(C)OC(=O)N[C@H]1CCN(S(=O)(=O)c2ccccc2[N+](=O)[O-])CC/C=C\[C@@H]2C[C@@]2(C(=O)O)NC(=O)[C@@H]2C[C@@H](OC(=O)N3Cc4cccc(F)c4C3)CN2C1=O.NS(=O)(=O)C1CC1. The van der Waals surface area contributed by atoms with Crippen LogP contribution in [0.4, 0.5) is 39.3 Å². The minimum absolute atomic E-state index is 0.0171. The van der Waals surface area contributed by atoms with Gasteiger partial charge in [-0.2, -0.15) is 8.61 Å². The van der Waals surface area contributed by atoms with Crippen molar-refractivity contribution in [2.75, 3.05) is 39.3 Å². The predicted molar refractivity (Wildman–Crippen MR) is 441 cm³/mol. The zero-order valence-electron chi connectivity index (χ0n) is 69.8. The number of para-hydroxylation sites is 2. The molecule has 6 aliphatic heterocycles. The first-order valence-corrected chi connectivity index (χ1v) is 46.8. The summed E-state index contributed by atoms with van der Waals surface area (Å²) in [6, 6.07) is 12.3. The number of nitrogens with two attached hydrogens (primary N) is 1. The van der Waals surface area contributed by atoms with Gasteiger partial charge in [-0.3, -0.25) is 58.7 Å². The van der Waals surface area contributed by atoms with Crippen LogP contribution in [0.5, 0.6) is 0 Å². The lowest BCUT2D eigenvalue weighted by Crippen LogP contribution is -2.58. The lowest BCUT2D eigenvalue weighted by Gasteiger charge is -2.31. The van der Waals surface area contributed by atoms with Gasteiger partial charge in [-0.25, -0.2) is 71.6 Å². The van der Waals surface area contributed by atoms with Gasteiger partial charge in [0, 0.05) is 87.2 Å². The van der Waals surface area contributed by atoms with E-state index in [1.54, 1.807) is 59.8 Å². The van der Waals surface area contributed by atoms with Gasteiger partial charge in [0.2, 0.25) is 63.7 Å². The van der Waals surface area contributed by atoms with Crippen molar-refractivity contribution in [1.29, 1.82) is 0 Å². The fourth-order valence-electron chi connectivity index (χ4n) is 15.8. The summed E-state index contributed by atoms with van der Waals surface area (Å²) in [7, 11) is -16.5. The molecule has 2 saturated heterocycles. The number of aliphatic carboxylic acids is 1. The van der Waals surface area contributed by atoms with E-state index >= 15 is 0 Å². The summed E-state index contributed by atoms with van der Waals surface area (Å²) in [6.45, 7) is 7.02. The van der Waals surface area contributed by atoms with E-state index in [1.807, 2.05) is 0 Å². The van der Waals surface area contributed by atoms with Crippen molar-refractivity contribution in [3.05, 3.63) is 163 Å². The van der Waals surface area contributed by atoms with E-state index in [2.05, 4.69) is 26.0 Å². The quantitative estimate of drug-likeness (QED) is 0.0354. The molecule has 4 aromatic carbocycles. The number of amides is 9. The number of primary sulfonamides is 1. The Bertz CT molecular complexity index is 5610. The number of nitro groups is 2. The molecular weight excluding hydrogens is 1760 g/mol. The third-order valence-corrected chi connectivity index (χ3v) is 29.9. The van der Waals surface area contributed by atoms with Crippen LogP contribution in [0.1, 0.15) is 141 Å². The molecule has 4 aromatic rings. The Balaban J connectivity index is 0.000000215. The maximum Gasteiger partial charge on any atom is 0.410 e. The number of halogens is 2. The summed E-state index contributed by atoms with van der Waals surface area (Å²) in [4.78, 5) is 163. The number of benzene rings is 4. The van der Waals surface area contributed by atoms with Gasteiger partial charge in [0.05, 0.1) is 46.5 Å². The molecule has 6 fully saturated rings. The van der Waals surface area contributed by atoms with Gasteiger partial charge in [0.15, 0.2) is 9.79 Å². The third kappa shape index (κ3) is 22.2. The topological polar surface area (TPSA) is 556 Å². The fraction of sp³-hybridized carbons (Fsp3) is 0.525. The molecule has 9 amide bonds. The van der Waals surface area contributed by atoms with Crippen molar-refractivity contribution in [2.24, 2.45) is 17.0 Å². The van der Waals surface area contributed by atoms with Crippen LogP contribution >= 0.6 is 0 Å². The minimum Gasteiger partial charge on any atom is -0.479 e. The molecule has 0 bridgehead atoms. The number of alkyl carbamates (subject to hydrolysis) is 2. The van der Waals surface area contributed by atoms with Crippen molar-refractivity contribution >= 4 is 111 Å². The Morgan fingerprint density at radius 3 is 1.31 bits per heavy atom. The number of hydrogen-bond donors (Lipinski definition) is 7. The predicted octanol–water partition coefficient (Wildman–Crippen LogP) is 5.06. The van der Waals surface area contributed by atoms with E-state index in [4.69, 9.17) is 24.1 Å². The zero-order chi connectivity index (χ0) is 92.6. The summed E-state index contributed by atoms with van der Waals surface area (Å²) in [5.74, 6) is -8.47. The van der Waals surface area contributed by atoms with E-state index in [-0.39, 0.29) is 89.6 Å². The third-order valence-electron chi connectivity index (χ3n) is 22.8. The maximum atomic E-state index is 14.8. The molecule has 0 spiro atoms. The number of nitrogens with one attached hydrogen (secondary N) is 5. The molecule has 127 heavy (non-hydrogen) atoms. The average molecular weight is 1850 g/mol. The molecule has 0 aromatic heterocycles. The molecule has 0 radical (unpaired) electrons. The van der Waals surface area contributed by atoms with Crippen LogP contribution in [0.15, 0.2) is 119 Å². The highest BCUT2D eigenvalue weighted by molar-refractivity contribution is 7.91. The molecule has 4 aliphatic carbocycles. The first kappa shape index (κ1) is 94.7. The van der Waals surface area contributed by atoms with Crippen LogP contribution < -0.4 is 31.1 Å². The van der Waals surface area contributed by atoms with Gasteiger partial charge in [-0.1, -0.05) is 72.8 Å². The van der Waals surface area contributed by atoms with E-state index in [0.717, 1.165) is 55.5 Å². The maximum absolute atomic E-state index is 14.8. The molecule has 47 heteroatoms. The highest BCUT2D eigenvalue weighted by atomic mass is 32.2. The number of nitrogens with zero attached hydrogens (tertiary/aromatic N) is 8. The van der Waals surface area contributed by atoms with Crippen LogP contribution in [0.3, 0.4) is 0 Å². The van der Waals surface area contributed by atoms with Crippen LogP contribution in [0.2, 0.25) is 0 Å². The lowest BCUT2D eigenvalue weighted by atomic mass is 10.1. The Morgan fingerprint density at radius 2 is 0.937 bits per heavy atom. The highest BCUT2D eigenvalue weighted by Crippen LogP contribution is 2.48. The van der Waals surface area contributed by atoms with E-state index in [9.17, 15) is 116 Å². The lowest BCUT2D eigenvalue weighted by molar-refractivity contribution is -0.388. The Labute approximate surface area is 729 Å². The number of fused-ring (bicyclic) bond motifs is 6. The second-order valence-electron chi connectivity index (χ2n) is 34.4. The van der Waals surface area contributed by atoms with Crippen LogP contribution in [0, 0.1) is 43.7 Å². The number of sulfonamides is 4. The van der Waals surface area contributed by atoms with E-state index in [0.29, 0.717) is 35.1 Å². The van der Waals surface area contributed by atoms with Crippen molar-refractivity contribution < 1.29 is 124 Å². The highest BCUT2D eigenvalue weighted by Gasteiger charge is 2.64. The zero-order valence-corrected chi connectivity index (χ0v) is 73.1. The number of carbonyl (C=O) groups is 10. The van der Waals surface area contributed by atoms with Gasteiger partial charge in [0.25, 0.3) is 17.3 Å². The molecule has 8 N–H and O–H groups in total. The average Bonchev–Trinajstić information content (AvgIpc) is 1.56. The standard InChI is InChI=1S/C40H48FN7O13S2.C37H43FN6O12S.C3H7NO2S/c1-39(2,3)61-37(52)42-30-16-18-46(63(58,59)33-13-5-4-12-31(33)48(54)55)17-7-6-10-25-20-40(25,36(51)44-62(56,57)27-14-15-27)43-34(49)32-19-26(22-47(32)35(30)50)60-38(53)45-21-24-9-8-11-29(41)28(24)23-45;1-36(2,3)56-34(49)39-27-14-16-42(57(53,54)30-13-5-4-12-28(30)44(51)52)15-7-6-10-23-18-37(23,33(47)48)40-31(45)29-17-24(20-43(29)32(27)46)55-35(50)41-19-22-9-8-11-26(38)25(22)21-41;4-7(5,6)3-1-2-3/h4-6,8-13,25-27,30,32H,7,14-23H2,1-3H3,(H,42,52)(H,43,49)(H,44,51);4-6,8-13,23-24,27,29H,7,14-21H2,1-3H3,(H,39,49)(H,40,45)(H,47,48);3H,1-2H2,(H2,4,5,6)/b2*10-6-;/t25-,26-,30+,32+,40-;23-,24-,27+,29+,37-;/m11./s1. The molecule has 10 atom stereocenters. The summed E-state index contributed by atoms with van der Waals surface area (Å²) in [5, 5.41) is 48.0. The molecule has 4 saturated carbocycles. The van der Waals surface area contributed by atoms with Gasteiger partial charge in [-0.15, -0.1) is 0 Å². The normalized spacial score (nSPS) is 25.9. The van der Waals surface area contributed by atoms with Crippen molar-refractivity contribution in [2.45, 2.75) is 224 Å². The first-order valence-electron chi connectivity index (χ1n) is 40.8. The number of carboxylic acids is 1. The molecule has 41 nitrogen and oxygen atoms in total. The van der Waals surface area contributed by atoms with Gasteiger partial charge < -0.3 is 55.1 Å². The minimum atomic E-state index is -4.67. The van der Waals surface area contributed by atoms with E-state index in [1.165, 1.54) is 76.6 Å². The number of carbonyl (C=O) groups excluding carboxylic acids is 9. The molecular formula is C80H98F2N14O27S4. The van der Waals surface area contributed by atoms with Gasteiger partial charge in [-0.05, 0) is 141 Å². The molecule has 0 unspecified atom stereocenters. The summed E-state index contributed by atoms with van der Waals surface area (Å²) >= 11 is 0. The van der Waals surface area contributed by atoms with Crippen LogP contribution in [-0.2, 0) is 114 Å². The number of nitro benzene ring substituents is 2. The summed E-state index contributed by atoms with van der Waals surface area (Å²) in [5.41, 5.74) is -5.27. The Morgan fingerprint density at radius 1 is 0.543 bits per heavy atom. The number of ether oxygens (including phenoxy) is 4. The van der Waals surface area contributed by atoms with Crippen LogP contribution in [0.25, 0.3) is 0 Å². The molecule has 688 valence electrons. The number of rotatable bonds is 15. The monoisotopic (exact) mass is 1850 g/mol. The number of carboxylic acid groups (broad SMARTS) is 1. The molecule has 14 rings (SSSR count). The second-order valence-corrected chi connectivity index (χ2v) is 42.1. The second kappa shape index (κ2) is 37.1. The summed E-state index contributed by atoms with van der Waals surface area (Å²) < 4.78 is 158. The molecule has 10 aliphatic rings. The van der Waals surface area contributed by atoms with Crippen molar-refractivity contribution in [1.82, 2.24) is 54.2 Å². The number of hydrogen-bond acceptors (Lipinski definition) is 26. The smallest absolute Gasteiger partial charge is 0.410 e. The largest absolute Gasteiger partial charge is 0.479 e. The van der Waals surface area contributed by atoms with E-state index < -0.39 is 251 Å².